The van der Waals surface area contributed by atoms with Crippen LogP contribution in [0.4, 0.5) is 5.69 Å². The lowest BCUT2D eigenvalue weighted by Gasteiger charge is -2.30. The van der Waals surface area contributed by atoms with Crippen LogP contribution in [0.25, 0.3) is 11.1 Å². The maximum absolute atomic E-state index is 12.7. The molecule has 2 aromatic rings. The van der Waals surface area contributed by atoms with Crippen molar-refractivity contribution in [3.63, 3.8) is 0 Å². The number of fused-ring (bicyclic) bond motifs is 2. The number of nitrogens with one attached hydrogen (secondary N) is 2. The molecule has 144 valence electrons. The fourth-order valence-corrected chi connectivity index (χ4v) is 4.19. The average molecular weight is 377 g/mol. The predicted octanol–water partition coefficient (Wildman–Crippen LogP) is 2.95. The van der Waals surface area contributed by atoms with Crippen molar-refractivity contribution in [2.24, 2.45) is 0 Å². The third kappa shape index (κ3) is 2.79. The molecule has 0 bridgehead atoms. The maximum Gasteiger partial charge on any atom is 0.251 e. The molecular formula is C22H23N3O3. The minimum absolute atomic E-state index is 0.0183. The third-order valence-corrected chi connectivity index (χ3v) is 6.09. The van der Waals surface area contributed by atoms with Crippen LogP contribution in [0, 0.1) is 6.92 Å². The van der Waals surface area contributed by atoms with Gasteiger partial charge in [0.25, 0.3) is 5.91 Å². The number of pyridine rings is 1. The average Bonchev–Trinajstić information content (AvgIpc) is 3.48. The first-order valence-electron chi connectivity index (χ1n) is 9.88. The van der Waals surface area contributed by atoms with E-state index in [1.54, 1.807) is 0 Å². The number of aromatic nitrogens is 1. The number of amides is 2. The van der Waals surface area contributed by atoms with Gasteiger partial charge in [-0.3, -0.25) is 14.6 Å². The van der Waals surface area contributed by atoms with Crippen molar-refractivity contribution >= 4 is 17.5 Å². The second-order valence-corrected chi connectivity index (χ2v) is 8.05. The zero-order chi connectivity index (χ0) is 19.3. The van der Waals surface area contributed by atoms with Gasteiger partial charge in [-0.25, -0.2) is 0 Å². The van der Waals surface area contributed by atoms with Gasteiger partial charge in [0.2, 0.25) is 5.91 Å². The molecule has 0 radical (unpaired) electrons. The second-order valence-electron chi connectivity index (χ2n) is 8.05. The van der Waals surface area contributed by atoms with Crippen LogP contribution < -0.4 is 10.6 Å². The number of hydrogen-bond acceptors (Lipinski definition) is 4. The first-order valence-corrected chi connectivity index (χ1v) is 9.88. The predicted molar refractivity (Wildman–Crippen MR) is 105 cm³/mol. The molecule has 0 atom stereocenters. The van der Waals surface area contributed by atoms with Crippen molar-refractivity contribution in [1.29, 1.82) is 0 Å². The van der Waals surface area contributed by atoms with E-state index in [-0.39, 0.29) is 11.8 Å². The summed E-state index contributed by atoms with van der Waals surface area (Å²) in [5.74, 6) is -0.0166. The van der Waals surface area contributed by atoms with Gasteiger partial charge in [-0.05, 0) is 61.9 Å². The molecule has 1 aromatic heterocycles. The van der Waals surface area contributed by atoms with Crippen molar-refractivity contribution in [3.05, 3.63) is 47.3 Å². The van der Waals surface area contributed by atoms with E-state index in [2.05, 4.69) is 10.6 Å². The Morgan fingerprint density at radius 1 is 1.25 bits per heavy atom. The Kier molecular flexibility index (Phi) is 3.98. The SMILES string of the molecule is Cc1ccc(C(=O)NC2CC2)cc1-c1cnc2c(c1)NC(=O)C21CCOCC1. The van der Waals surface area contributed by atoms with Crippen LogP contribution in [0.15, 0.2) is 30.5 Å². The van der Waals surface area contributed by atoms with Crippen LogP contribution in [-0.2, 0) is 14.9 Å². The van der Waals surface area contributed by atoms with Crippen molar-refractivity contribution in [1.82, 2.24) is 10.3 Å². The highest BCUT2D eigenvalue weighted by molar-refractivity contribution is 6.06. The number of benzene rings is 1. The molecule has 6 heteroatoms. The molecule has 6 nitrogen and oxygen atoms in total. The van der Waals surface area contributed by atoms with Gasteiger partial charge in [0.05, 0.1) is 16.8 Å². The van der Waals surface area contributed by atoms with Crippen LogP contribution in [0.5, 0.6) is 0 Å². The summed E-state index contributed by atoms with van der Waals surface area (Å²) in [7, 11) is 0. The lowest BCUT2D eigenvalue weighted by atomic mass is 9.78. The number of anilines is 1. The summed E-state index contributed by atoms with van der Waals surface area (Å²) in [6.45, 7) is 3.17. The van der Waals surface area contributed by atoms with E-state index in [9.17, 15) is 9.59 Å². The lowest BCUT2D eigenvalue weighted by molar-refractivity contribution is -0.124. The molecule has 1 aromatic carbocycles. The molecule has 3 heterocycles. The van der Waals surface area contributed by atoms with Gasteiger partial charge < -0.3 is 15.4 Å². The highest BCUT2D eigenvalue weighted by atomic mass is 16.5. The van der Waals surface area contributed by atoms with Crippen molar-refractivity contribution in [2.45, 2.75) is 44.1 Å². The summed E-state index contributed by atoms with van der Waals surface area (Å²) >= 11 is 0. The topological polar surface area (TPSA) is 80.3 Å². The molecule has 1 spiro atoms. The van der Waals surface area contributed by atoms with E-state index in [1.807, 2.05) is 37.4 Å². The highest BCUT2D eigenvalue weighted by Crippen LogP contribution is 2.44. The van der Waals surface area contributed by atoms with E-state index in [0.717, 1.165) is 40.9 Å². The van der Waals surface area contributed by atoms with Crippen LogP contribution in [0.3, 0.4) is 0 Å². The summed E-state index contributed by atoms with van der Waals surface area (Å²) in [4.78, 5) is 29.8. The summed E-state index contributed by atoms with van der Waals surface area (Å²) in [6.07, 6.45) is 5.26. The highest BCUT2D eigenvalue weighted by Gasteiger charge is 2.49. The molecular weight excluding hydrogens is 354 g/mol. The number of rotatable bonds is 3. The molecule has 2 N–H and O–H groups in total. The molecule has 2 aliphatic heterocycles. The number of ether oxygens (including phenoxy) is 1. The lowest BCUT2D eigenvalue weighted by Crippen LogP contribution is -2.40. The monoisotopic (exact) mass is 377 g/mol. The van der Waals surface area contributed by atoms with E-state index < -0.39 is 5.41 Å². The molecule has 5 rings (SSSR count). The number of carbonyl (C=O) groups is 2. The molecule has 2 amide bonds. The van der Waals surface area contributed by atoms with Gasteiger partial charge in [-0.1, -0.05) is 6.07 Å². The van der Waals surface area contributed by atoms with Crippen LogP contribution >= 0.6 is 0 Å². The quantitative estimate of drug-likeness (QED) is 0.862. The Labute approximate surface area is 163 Å². The first-order chi connectivity index (χ1) is 13.6. The van der Waals surface area contributed by atoms with Crippen LogP contribution in [0.2, 0.25) is 0 Å². The van der Waals surface area contributed by atoms with Crippen molar-refractivity contribution in [2.75, 3.05) is 18.5 Å². The van der Waals surface area contributed by atoms with Gasteiger partial charge in [-0.2, -0.15) is 0 Å². The molecule has 2 fully saturated rings. The van der Waals surface area contributed by atoms with E-state index in [4.69, 9.17) is 9.72 Å². The number of aryl methyl sites for hydroxylation is 1. The van der Waals surface area contributed by atoms with Gasteiger partial charge in [0, 0.05) is 36.6 Å². The zero-order valence-electron chi connectivity index (χ0n) is 15.9. The van der Waals surface area contributed by atoms with E-state index in [0.29, 0.717) is 37.7 Å². The molecule has 1 saturated heterocycles. The van der Waals surface area contributed by atoms with Gasteiger partial charge in [-0.15, -0.1) is 0 Å². The molecule has 1 aliphatic carbocycles. The second kappa shape index (κ2) is 6.41. The summed E-state index contributed by atoms with van der Waals surface area (Å²) in [5.41, 5.74) is 4.62. The van der Waals surface area contributed by atoms with E-state index in [1.165, 1.54) is 0 Å². The van der Waals surface area contributed by atoms with E-state index >= 15 is 0 Å². The minimum atomic E-state index is -0.562. The number of hydrogen-bond donors (Lipinski definition) is 2. The summed E-state index contributed by atoms with van der Waals surface area (Å²) in [6, 6.07) is 8.04. The number of carbonyl (C=O) groups excluding carboxylic acids is 2. The zero-order valence-corrected chi connectivity index (χ0v) is 15.9. The maximum atomic E-state index is 12.7. The molecule has 1 saturated carbocycles. The first kappa shape index (κ1) is 17.4. The largest absolute Gasteiger partial charge is 0.381 e. The smallest absolute Gasteiger partial charge is 0.251 e. The molecule has 28 heavy (non-hydrogen) atoms. The van der Waals surface area contributed by atoms with Crippen LogP contribution in [-0.4, -0.2) is 36.1 Å². The molecule has 3 aliphatic rings. The van der Waals surface area contributed by atoms with Gasteiger partial charge in [0.1, 0.15) is 0 Å². The van der Waals surface area contributed by atoms with Crippen molar-refractivity contribution < 1.29 is 14.3 Å². The third-order valence-electron chi connectivity index (χ3n) is 6.09. The van der Waals surface area contributed by atoms with Gasteiger partial charge in [0.15, 0.2) is 0 Å². The fraction of sp³-hybridized carbons (Fsp3) is 0.409. The Bertz CT molecular complexity index is 975. The molecule has 0 unspecified atom stereocenters. The Balaban J connectivity index is 1.50. The Morgan fingerprint density at radius 2 is 2.04 bits per heavy atom. The minimum Gasteiger partial charge on any atom is -0.381 e. The normalized spacial score (nSPS) is 20.0. The Morgan fingerprint density at radius 3 is 2.79 bits per heavy atom. The van der Waals surface area contributed by atoms with Crippen LogP contribution in [0.1, 0.15) is 47.3 Å². The standard InChI is InChI=1S/C22H23N3O3/c1-13-2-3-14(20(26)24-16-4-5-16)10-17(13)15-11-18-19(23-12-15)22(21(27)25-18)6-8-28-9-7-22/h2-3,10-12,16H,4-9H2,1H3,(H,24,26)(H,25,27). The fourth-order valence-electron chi connectivity index (χ4n) is 4.19. The van der Waals surface area contributed by atoms with Crippen molar-refractivity contribution in [3.8, 4) is 11.1 Å². The summed E-state index contributed by atoms with van der Waals surface area (Å²) in [5, 5.41) is 6.05. The Hall–Kier alpha value is -2.73. The summed E-state index contributed by atoms with van der Waals surface area (Å²) < 4.78 is 5.45. The number of nitrogens with zero attached hydrogens (tertiary/aromatic N) is 1. The van der Waals surface area contributed by atoms with Gasteiger partial charge >= 0.3 is 0 Å².